The van der Waals surface area contributed by atoms with Crippen molar-refractivity contribution in [3.8, 4) is 5.88 Å². The zero-order chi connectivity index (χ0) is 18.9. The van der Waals surface area contributed by atoms with Crippen LogP contribution in [-0.2, 0) is 24.1 Å². The second-order valence-corrected chi connectivity index (χ2v) is 7.63. The molecule has 0 spiro atoms. The molecule has 0 aliphatic carbocycles. The van der Waals surface area contributed by atoms with Gasteiger partial charge >= 0.3 is 5.69 Å². The average Bonchev–Trinajstić information content (AvgIpc) is 2.58. The summed E-state index contributed by atoms with van der Waals surface area (Å²) < 4.78 is 26.9. The first-order chi connectivity index (χ1) is 11.6. The Hall–Kier alpha value is -2.72. The molecular weight excluding hydrogens is 348 g/mol. The topological polar surface area (TPSA) is 114 Å². The normalized spacial score (nSPS) is 12.2. The van der Waals surface area contributed by atoms with E-state index in [-0.39, 0.29) is 10.5 Å². The molecule has 0 amide bonds. The van der Waals surface area contributed by atoms with Gasteiger partial charge in [-0.2, -0.15) is 0 Å². The molecule has 0 radical (unpaired) electrons. The Bertz CT molecular complexity index is 1050. The van der Waals surface area contributed by atoms with Gasteiger partial charge < -0.3 is 5.11 Å². The molecule has 1 aromatic heterocycles. The first-order valence-corrected chi connectivity index (χ1v) is 8.57. The van der Waals surface area contributed by atoms with Gasteiger partial charge in [-0.1, -0.05) is 0 Å². The number of sulfonamides is 1. The summed E-state index contributed by atoms with van der Waals surface area (Å²) in [4.78, 5) is 27.9. The minimum absolute atomic E-state index is 0.109. The highest BCUT2D eigenvalue weighted by atomic mass is 32.2. The van der Waals surface area contributed by atoms with Crippen molar-refractivity contribution in [1.82, 2.24) is 13.4 Å². The Morgan fingerprint density at radius 1 is 1.08 bits per heavy atom. The maximum atomic E-state index is 12.1. The van der Waals surface area contributed by atoms with Gasteiger partial charge in [-0.3, -0.25) is 18.9 Å². The number of aliphatic imine (C=N–C) groups is 1. The number of aromatic hydroxyl groups is 1. The molecule has 0 bridgehead atoms. The number of aromatic nitrogens is 2. The summed E-state index contributed by atoms with van der Waals surface area (Å²) in [5.74, 6) is -0.497. The molecule has 0 saturated carbocycles. The van der Waals surface area contributed by atoms with Crippen molar-refractivity contribution in [2.24, 2.45) is 19.1 Å². The molecule has 0 aliphatic rings. The van der Waals surface area contributed by atoms with Crippen LogP contribution in [0.15, 0.2) is 43.7 Å². The Kier molecular flexibility index (Phi) is 4.95. The standard InChI is InChI=1S/C15H18N4O5S/c1-17(2)25(23,24)11-7-5-10(6-8-11)16-9-12-13(20)18(3)15(22)19(4)14(12)21/h5-9,20H,1-4H3. The van der Waals surface area contributed by atoms with Gasteiger partial charge in [0.15, 0.2) is 0 Å². The summed E-state index contributed by atoms with van der Waals surface area (Å²) in [6.07, 6.45) is 1.13. The largest absolute Gasteiger partial charge is 0.494 e. The van der Waals surface area contributed by atoms with E-state index in [2.05, 4.69) is 4.99 Å². The summed E-state index contributed by atoms with van der Waals surface area (Å²) in [7, 11) is 1.94. The molecule has 2 rings (SSSR count). The van der Waals surface area contributed by atoms with Gasteiger partial charge in [-0.15, -0.1) is 0 Å². The van der Waals surface area contributed by atoms with Crippen LogP contribution in [0.4, 0.5) is 5.69 Å². The van der Waals surface area contributed by atoms with Crippen LogP contribution in [0.3, 0.4) is 0 Å². The predicted molar refractivity (Wildman–Crippen MR) is 93.2 cm³/mol. The van der Waals surface area contributed by atoms with E-state index in [0.29, 0.717) is 5.69 Å². The van der Waals surface area contributed by atoms with Crippen LogP contribution in [0, 0.1) is 0 Å². The van der Waals surface area contributed by atoms with E-state index in [0.717, 1.165) is 19.7 Å². The third kappa shape index (κ3) is 3.39. The van der Waals surface area contributed by atoms with Gasteiger partial charge in [0.1, 0.15) is 5.56 Å². The van der Waals surface area contributed by atoms with Crippen molar-refractivity contribution in [2.45, 2.75) is 4.90 Å². The lowest BCUT2D eigenvalue weighted by atomic mass is 10.3. The fourth-order valence-electron chi connectivity index (χ4n) is 2.03. The summed E-state index contributed by atoms with van der Waals surface area (Å²) in [6.45, 7) is 0. The van der Waals surface area contributed by atoms with E-state index in [4.69, 9.17) is 0 Å². The summed E-state index contributed by atoms with van der Waals surface area (Å²) in [6, 6.07) is 5.72. The highest BCUT2D eigenvalue weighted by Crippen LogP contribution is 2.19. The fraction of sp³-hybridized carbons (Fsp3) is 0.267. The monoisotopic (exact) mass is 366 g/mol. The number of hydrogen-bond acceptors (Lipinski definition) is 6. The highest BCUT2D eigenvalue weighted by Gasteiger charge is 2.16. The zero-order valence-corrected chi connectivity index (χ0v) is 15.0. The lowest BCUT2D eigenvalue weighted by Gasteiger charge is -2.11. The van der Waals surface area contributed by atoms with Crippen molar-refractivity contribution < 1.29 is 13.5 Å². The maximum absolute atomic E-state index is 12.1. The lowest BCUT2D eigenvalue weighted by molar-refractivity contribution is 0.410. The Morgan fingerprint density at radius 3 is 2.16 bits per heavy atom. The molecule has 1 N–H and O–H groups in total. The molecule has 0 saturated heterocycles. The number of hydrogen-bond donors (Lipinski definition) is 1. The van der Waals surface area contributed by atoms with E-state index < -0.39 is 27.2 Å². The van der Waals surface area contributed by atoms with Crippen LogP contribution >= 0.6 is 0 Å². The zero-order valence-electron chi connectivity index (χ0n) is 14.2. The van der Waals surface area contributed by atoms with E-state index in [9.17, 15) is 23.1 Å². The molecule has 1 heterocycles. The third-order valence-corrected chi connectivity index (χ3v) is 5.45. The van der Waals surface area contributed by atoms with Gasteiger partial charge in [0.2, 0.25) is 15.9 Å². The quantitative estimate of drug-likeness (QED) is 0.752. The Morgan fingerprint density at radius 2 is 1.64 bits per heavy atom. The van der Waals surface area contributed by atoms with Crippen LogP contribution in [0.1, 0.15) is 5.56 Å². The maximum Gasteiger partial charge on any atom is 0.333 e. The second-order valence-electron chi connectivity index (χ2n) is 5.48. The predicted octanol–water partition coefficient (Wildman–Crippen LogP) is -0.210. The molecule has 0 aliphatic heterocycles. The van der Waals surface area contributed by atoms with E-state index in [1.165, 1.54) is 52.5 Å². The molecule has 25 heavy (non-hydrogen) atoms. The van der Waals surface area contributed by atoms with Gasteiger partial charge in [-0.05, 0) is 24.3 Å². The van der Waals surface area contributed by atoms with Crippen molar-refractivity contribution in [1.29, 1.82) is 0 Å². The lowest BCUT2D eigenvalue weighted by Crippen LogP contribution is -2.38. The van der Waals surface area contributed by atoms with Crippen LogP contribution in [0.5, 0.6) is 5.88 Å². The second kappa shape index (κ2) is 6.65. The fourth-order valence-corrected chi connectivity index (χ4v) is 2.93. The minimum atomic E-state index is -3.54. The van der Waals surface area contributed by atoms with Crippen LogP contribution < -0.4 is 11.2 Å². The van der Waals surface area contributed by atoms with E-state index in [1.54, 1.807) is 0 Å². The van der Waals surface area contributed by atoms with Crippen molar-refractivity contribution in [2.75, 3.05) is 14.1 Å². The number of benzene rings is 1. The molecule has 0 atom stereocenters. The molecule has 0 fully saturated rings. The van der Waals surface area contributed by atoms with Gasteiger partial charge in [0.25, 0.3) is 5.56 Å². The summed E-state index contributed by atoms with van der Waals surface area (Å²) in [5.41, 5.74) is -1.10. The summed E-state index contributed by atoms with van der Waals surface area (Å²) >= 11 is 0. The first kappa shape index (κ1) is 18.6. The molecule has 10 heteroatoms. The van der Waals surface area contributed by atoms with Crippen molar-refractivity contribution in [3.05, 3.63) is 50.7 Å². The molecule has 134 valence electrons. The number of nitrogens with zero attached hydrogens (tertiary/aromatic N) is 4. The smallest absolute Gasteiger partial charge is 0.333 e. The first-order valence-electron chi connectivity index (χ1n) is 7.13. The van der Waals surface area contributed by atoms with Crippen LogP contribution in [0.25, 0.3) is 0 Å². The summed E-state index contributed by atoms with van der Waals surface area (Å²) in [5, 5.41) is 9.95. The number of rotatable bonds is 4. The highest BCUT2D eigenvalue weighted by molar-refractivity contribution is 7.89. The van der Waals surface area contributed by atoms with Gasteiger partial charge in [0, 0.05) is 34.4 Å². The molecule has 2 aromatic rings. The van der Waals surface area contributed by atoms with Crippen LogP contribution in [0.2, 0.25) is 0 Å². The molecule has 0 unspecified atom stereocenters. The Balaban J connectivity index is 2.42. The van der Waals surface area contributed by atoms with Crippen molar-refractivity contribution >= 4 is 21.9 Å². The van der Waals surface area contributed by atoms with E-state index in [1.807, 2.05) is 0 Å². The average molecular weight is 366 g/mol. The van der Waals surface area contributed by atoms with Gasteiger partial charge in [-0.25, -0.2) is 17.5 Å². The van der Waals surface area contributed by atoms with E-state index >= 15 is 0 Å². The minimum Gasteiger partial charge on any atom is -0.494 e. The SMILES string of the molecule is CN(C)S(=O)(=O)c1ccc(N=Cc2c(O)n(C)c(=O)n(C)c2=O)cc1. The molecule has 1 aromatic carbocycles. The van der Waals surface area contributed by atoms with Crippen LogP contribution in [-0.4, -0.2) is 47.3 Å². The Labute approximate surface area is 144 Å². The van der Waals surface area contributed by atoms with Gasteiger partial charge in [0.05, 0.1) is 10.6 Å². The van der Waals surface area contributed by atoms with Crippen molar-refractivity contribution in [3.63, 3.8) is 0 Å². The molecule has 9 nitrogen and oxygen atoms in total. The molecular formula is C15H18N4O5S. The third-order valence-electron chi connectivity index (χ3n) is 3.63.